The van der Waals surface area contributed by atoms with E-state index < -0.39 is 0 Å². The second-order valence-corrected chi connectivity index (χ2v) is 3.51. The molecule has 0 amide bonds. The highest BCUT2D eigenvalue weighted by Crippen LogP contribution is 2.19. The summed E-state index contributed by atoms with van der Waals surface area (Å²) in [6.07, 6.45) is 0.726. The van der Waals surface area contributed by atoms with E-state index in [1.807, 2.05) is 37.3 Å². The van der Waals surface area contributed by atoms with Crippen molar-refractivity contribution in [3.05, 3.63) is 46.7 Å². The SMILES string of the molecule is Cc1c(C=O)c(Cl)nn1-c1ccccc1. The smallest absolute Gasteiger partial charge is 0.162 e. The molecule has 2 aromatic rings. The lowest BCUT2D eigenvalue weighted by atomic mass is 10.2. The molecule has 0 N–H and O–H groups in total. The van der Waals surface area contributed by atoms with Crippen molar-refractivity contribution in [1.29, 1.82) is 0 Å². The Morgan fingerprint density at radius 1 is 1.33 bits per heavy atom. The van der Waals surface area contributed by atoms with Crippen molar-refractivity contribution in [3.8, 4) is 5.69 Å². The molecule has 0 spiro atoms. The third-order valence-corrected chi connectivity index (χ3v) is 2.52. The number of nitrogens with zero attached hydrogens (tertiary/aromatic N) is 2. The summed E-state index contributed by atoms with van der Waals surface area (Å²) in [6, 6.07) is 9.55. The molecule has 0 unspecified atom stereocenters. The number of aromatic nitrogens is 2. The molecule has 1 aromatic heterocycles. The van der Waals surface area contributed by atoms with Gasteiger partial charge in [0.15, 0.2) is 11.4 Å². The van der Waals surface area contributed by atoms with Gasteiger partial charge < -0.3 is 0 Å². The van der Waals surface area contributed by atoms with Crippen LogP contribution in [0, 0.1) is 6.92 Å². The summed E-state index contributed by atoms with van der Waals surface area (Å²) in [5.74, 6) is 0. The molecule has 0 saturated heterocycles. The first-order chi connectivity index (χ1) is 7.24. The van der Waals surface area contributed by atoms with Crippen LogP contribution in [0.15, 0.2) is 30.3 Å². The van der Waals surface area contributed by atoms with Crippen LogP contribution in [-0.4, -0.2) is 16.1 Å². The second-order valence-electron chi connectivity index (χ2n) is 3.16. The van der Waals surface area contributed by atoms with Crippen LogP contribution >= 0.6 is 11.6 Å². The molecule has 1 aromatic carbocycles. The highest BCUT2D eigenvalue weighted by molar-refractivity contribution is 6.31. The Balaban J connectivity index is 2.60. The van der Waals surface area contributed by atoms with E-state index in [9.17, 15) is 4.79 Å². The van der Waals surface area contributed by atoms with E-state index in [4.69, 9.17) is 11.6 Å². The number of halogens is 1. The van der Waals surface area contributed by atoms with Gasteiger partial charge in [-0.25, -0.2) is 4.68 Å². The van der Waals surface area contributed by atoms with Crippen LogP contribution in [0.2, 0.25) is 5.15 Å². The van der Waals surface area contributed by atoms with Gasteiger partial charge in [0.1, 0.15) is 0 Å². The maximum atomic E-state index is 10.8. The van der Waals surface area contributed by atoms with Crippen molar-refractivity contribution in [1.82, 2.24) is 9.78 Å². The van der Waals surface area contributed by atoms with Gasteiger partial charge in [-0.3, -0.25) is 4.79 Å². The summed E-state index contributed by atoms with van der Waals surface area (Å²) in [6.45, 7) is 1.82. The number of hydrogen-bond donors (Lipinski definition) is 0. The second kappa shape index (κ2) is 3.87. The number of rotatable bonds is 2. The molecular formula is C11H9ClN2O. The summed E-state index contributed by atoms with van der Waals surface area (Å²) >= 11 is 5.84. The van der Waals surface area contributed by atoms with Crippen molar-refractivity contribution >= 4 is 17.9 Å². The van der Waals surface area contributed by atoms with Crippen molar-refractivity contribution in [2.45, 2.75) is 6.92 Å². The third kappa shape index (κ3) is 1.66. The molecule has 0 saturated carbocycles. The van der Waals surface area contributed by atoms with Crippen molar-refractivity contribution in [3.63, 3.8) is 0 Å². The first kappa shape index (κ1) is 9.93. The normalized spacial score (nSPS) is 10.3. The Morgan fingerprint density at radius 2 is 2.00 bits per heavy atom. The molecule has 0 fully saturated rings. The van der Waals surface area contributed by atoms with E-state index in [-0.39, 0.29) is 5.15 Å². The predicted octanol–water partition coefficient (Wildman–Crippen LogP) is 2.65. The van der Waals surface area contributed by atoms with Crippen LogP contribution in [0.3, 0.4) is 0 Å². The van der Waals surface area contributed by atoms with Crippen LogP contribution in [0.5, 0.6) is 0 Å². The van der Waals surface area contributed by atoms with Gasteiger partial charge in [-0.15, -0.1) is 0 Å². The fourth-order valence-corrected chi connectivity index (χ4v) is 1.69. The van der Waals surface area contributed by atoms with Gasteiger partial charge in [0.2, 0.25) is 0 Å². The maximum absolute atomic E-state index is 10.8. The molecule has 15 heavy (non-hydrogen) atoms. The minimum absolute atomic E-state index is 0.242. The minimum Gasteiger partial charge on any atom is -0.298 e. The fraction of sp³-hybridized carbons (Fsp3) is 0.0909. The van der Waals surface area contributed by atoms with Gasteiger partial charge in [-0.05, 0) is 19.1 Å². The Bertz CT molecular complexity index is 491. The van der Waals surface area contributed by atoms with E-state index in [0.29, 0.717) is 5.56 Å². The number of para-hydroxylation sites is 1. The molecule has 0 bridgehead atoms. The molecule has 1 heterocycles. The summed E-state index contributed by atoms with van der Waals surface area (Å²) < 4.78 is 1.66. The number of hydrogen-bond acceptors (Lipinski definition) is 2. The molecule has 0 aliphatic carbocycles. The minimum atomic E-state index is 0.242. The Hall–Kier alpha value is -1.61. The van der Waals surface area contributed by atoms with Crippen molar-refractivity contribution in [2.75, 3.05) is 0 Å². The van der Waals surface area contributed by atoms with E-state index in [0.717, 1.165) is 17.7 Å². The molecule has 2 rings (SSSR count). The molecule has 0 aliphatic rings. The largest absolute Gasteiger partial charge is 0.298 e. The summed E-state index contributed by atoms with van der Waals surface area (Å²) in [7, 11) is 0. The molecule has 3 nitrogen and oxygen atoms in total. The van der Waals surface area contributed by atoms with Crippen LogP contribution in [-0.2, 0) is 0 Å². The monoisotopic (exact) mass is 220 g/mol. The van der Waals surface area contributed by atoms with Gasteiger partial charge in [0.25, 0.3) is 0 Å². The lowest BCUT2D eigenvalue weighted by molar-refractivity contribution is 0.112. The lowest BCUT2D eigenvalue weighted by Gasteiger charge is -2.02. The van der Waals surface area contributed by atoms with Gasteiger partial charge in [-0.2, -0.15) is 5.10 Å². The topological polar surface area (TPSA) is 34.9 Å². The molecule has 4 heteroatoms. The number of carbonyl (C=O) groups is 1. The molecule has 76 valence electrons. The predicted molar refractivity (Wildman–Crippen MR) is 58.7 cm³/mol. The van der Waals surface area contributed by atoms with E-state index >= 15 is 0 Å². The fourth-order valence-electron chi connectivity index (χ4n) is 1.43. The quantitative estimate of drug-likeness (QED) is 0.730. The van der Waals surface area contributed by atoms with Gasteiger partial charge >= 0.3 is 0 Å². The van der Waals surface area contributed by atoms with Gasteiger partial charge in [0.05, 0.1) is 16.9 Å². The van der Waals surface area contributed by atoms with Crippen molar-refractivity contribution < 1.29 is 4.79 Å². The van der Waals surface area contributed by atoms with Crippen molar-refractivity contribution in [2.24, 2.45) is 0 Å². The first-order valence-corrected chi connectivity index (χ1v) is 4.87. The van der Waals surface area contributed by atoms with Gasteiger partial charge in [-0.1, -0.05) is 29.8 Å². The maximum Gasteiger partial charge on any atom is 0.162 e. The summed E-state index contributed by atoms with van der Waals surface area (Å²) in [5.41, 5.74) is 2.09. The highest BCUT2D eigenvalue weighted by Gasteiger charge is 2.12. The Kier molecular flexibility index (Phi) is 2.56. The molecule has 0 aliphatic heterocycles. The number of aldehydes is 1. The zero-order valence-corrected chi connectivity index (χ0v) is 8.90. The van der Waals surface area contributed by atoms with Crippen LogP contribution < -0.4 is 0 Å². The zero-order valence-electron chi connectivity index (χ0n) is 8.14. The number of carbonyl (C=O) groups excluding carboxylic acids is 1. The van der Waals surface area contributed by atoms with Crippen LogP contribution in [0.25, 0.3) is 5.69 Å². The molecule has 0 radical (unpaired) electrons. The third-order valence-electron chi connectivity index (χ3n) is 2.24. The first-order valence-electron chi connectivity index (χ1n) is 4.49. The Morgan fingerprint density at radius 3 is 2.53 bits per heavy atom. The summed E-state index contributed by atoms with van der Waals surface area (Å²) in [4.78, 5) is 10.8. The number of benzene rings is 1. The van der Waals surface area contributed by atoms with Crippen LogP contribution in [0.4, 0.5) is 0 Å². The average Bonchev–Trinajstić information content (AvgIpc) is 2.55. The molecular weight excluding hydrogens is 212 g/mol. The van der Waals surface area contributed by atoms with Crippen LogP contribution in [0.1, 0.15) is 16.1 Å². The average molecular weight is 221 g/mol. The lowest BCUT2D eigenvalue weighted by Crippen LogP contribution is -1.98. The van der Waals surface area contributed by atoms with E-state index in [2.05, 4.69) is 5.10 Å². The van der Waals surface area contributed by atoms with E-state index in [1.54, 1.807) is 4.68 Å². The van der Waals surface area contributed by atoms with Gasteiger partial charge in [0, 0.05) is 0 Å². The van der Waals surface area contributed by atoms with E-state index in [1.165, 1.54) is 0 Å². The summed E-state index contributed by atoms with van der Waals surface area (Å²) in [5, 5.41) is 4.34. The zero-order chi connectivity index (χ0) is 10.8. The Labute approximate surface area is 92.3 Å². The highest BCUT2D eigenvalue weighted by atomic mass is 35.5. The molecule has 0 atom stereocenters. The standard InChI is InChI=1S/C11H9ClN2O/c1-8-10(7-15)11(12)13-14(8)9-5-3-2-4-6-9/h2-7H,1H3.